The zero-order valence-electron chi connectivity index (χ0n) is 19.1. The summed E-state index contributed by atoms with van der Waals surface area (Å²) < 4.78 is 42.2. The molecule has 0 saturated heterocycles. The third kappa shape index (κ3) is 5.65. The number of carbonyl (C=O) groups excluding carboxylic acids is 2. The highest BCUT2D eigenvalue weighted by Crippen LogP contribution is 2.32. The van der Waals surface area contributed by atoms with Crippen molar-refractivity contribution >= 4 is 27.5 Å². The molecule has 9 heteroatoms. The van der Waals surface area contributed by atoms with E-state index in [0.29, 0.717) is 48.9 Å². The van der Waals surface area contributed by atoms with E-state index in [1.165, 1.54) is 4.31 Å². The molecule has 2 aromatic carbocycles. The molecule has 0 fully saturated rings. The summed E-state index contributed by atoms with van der Waals surface area (Å²) in [5.41, 5.74) is 2.01. The van der Waals surface area contributed by atoms with E-state index in [9.17, 15) is 18.0 Å². The van der Waals surface area contributed by atoms with Crippen molar-refractivity contribution in [3.05, 3.63) is 53.1 Å². The van der Waals surface area contributed by atoms with Crippen LogP contribution in [-0.4, -0.2) is 52.3 Å². The van der Waals surface area contributed by atoms with Crippen molar-refractivity contribution in [1.29, 1.82) is 0 Å². The fourth-order valence-corrected chi connectivity index (χ4v) is 4.68. The maximum Gasteiger partial charge on any atom is 0.338 e. The van der Waals surface area contributed by atoms with E-state index in [-0.39, 0.29) is 17.1 Å². The lowest BCUT2D eigenvalue weighted by Gasteiger charge is -2.18. The number of rotatable bonds is 11. The Hall–Kier alpha value is -3.07. The van der Waals surface area contributed by atoms with E-state index in [1.807, 2.05) is 13.8 Å². The van der Waals surface area contributed by atoms with Crippen molar-refractivity contribution in [1.82, 2.24) is 0 Å². The Kier molecular flexibility index (Phi) is 7.97. The van der Waals surface area contributed by atoms with Crippen LogP contribution in [0.2, 0.25) is 0 Å². The lowest BCUT2D eigenvalue weighted by atomic mass is 10.1. The van der Waals surface area contributed by atoms with Crippen LogP contribution in [0.15, 0.2) is 36.4 Å². The van der Waals surface area contributed by atoms with Gasteiger partial charge >= 0.3 is 5.97 Å². The van der Waals surface area contributed by atoms with Gasteiger partial charge in [-0.15, -0.1) is 0 Å². The van der Waals surface area contributed by atoms with Gasteiger partial charge in [0.05, 0.1) is 30.2 Å². The van der Waals surface area contributed by atoms with Crippen LogP contribution in [0.1, 0.15) is 53.5 Å². The number of anilines is 1. The molecule has 0 radical (unpaired) electrons. The Morgan fingerprint density at radius 2 is 1.73 bits per heavy atom. The van der Waals surface area contributed by atoms with Crippen LogP contribution in [-0.2, 0) is 21.2 Å². The number of hydrogen-bond donors (Lipinski definition) is 0. The number of hydrogen-bond acceptors (Lipinski definition) is 7. The number of sulfonamides is 1. The Bertz CT molecular complexity index is 1130. The first kappa shape index (κ1) is 24.6. The molecule has 0 aliphatic carbocycles. The SMILES string of the molecule is CCCOc1ccc(C(=O)OCC(=O)c2ccc3c(c2)CCN3S(=O)(=O)CC)cc1OCC. The van der Waals surface area contributed by atoms with Crippen molar-refractivity contribution in [2.24, 2.45) is 0 Å². The summed E-state index contributed by atoms with van der Waals surface area (Å²) in [6.45, 7) is 6.30. The zero-order valence-corrected chi connectivity index (χ0v) is 19.9. The molecule has 0 saturated carbocycles. The van der Waals surface area contributed by atoms with Gasteiger partial charge in [0, 0.05) is 12.1 Å². The molecule has 33 heavy (non-hydrogen) atoms. The molecule has 8 nitrogen and oxygen atoms in total. The van der Waals surface area contributed by atoms with Crippen LogP contribution in [0.5, 0.6) is 11.5 Å². The van der Waals surface area contributed by atoms with Gasteiger partial charge in [-0.25, -0.2) is 13.2 Å². The summed E-state index contributed by atoms with van der Waals surface area (Å²) in [6.07, 6.45) is 1.37. The van der Waals surface area contributed by atoms with E-state index in [1.54, 1.807) is 43.3 Å². The quantitative estimate of drug-likeness (QED) is 0.361. The monoisotopic (exact) mass is 475 g/mol. The second-order valence-corrected chi connectivity index (χ2v) is 9.69. The maximum absolute atomic E-state index is 12.6. The molecule has 0 spiro atoms. The molecule has 1 aliphatic rings. The number of ether oxygens (including phenoxy) is 3. The van der Waals surface area contributed by atoms with Gasteiger partial charge in [-0.05, 0) is 68.7 Å². The summed E-state index contributed by atoms with van der Waals surface area (Å²) in [6, 6.07) is 9.62. The van der Waals surface area contributed by atoms with Crippen molar-refractivity contribution < 1.29 is 32.2 Å². The van der Waals surface area contributed by atoms with Crippen molar-refractivity contribution in [2.45, 2.75) is 33.6 Å². The third-order valence-corrected chi connectivity index (χ3v) is 7.01. The summed E-state index contributed by atoms with van der Waals surface area (Å²) in [7, 11) is -3.35. The third-order valence-electron chi connectivity index (χ3n) is 5.23. The number of fused-ring (bicyclic) bond motifs is 1. The predicted molar refractivity (Wildman–Crippen MR) is 125 cm³/mol. The summed E-state index contributed by atoms with van der Waals surface area (Å²) in [4.78, 5) is 25.1. The van der Waals surface area contributed by atoms with E-state index < -0.39 is 22.6 Å². The Morgan fingerprint density at radius 3 is 2.42 bits per heavy atom. The van der Waals surface area contributed by atoms with E-state index in [2.05, 4.69) is 0 Å². The van der Waals surface area contributed by atoms with Crippen LogP contribution >= 0.6 is 0 Å². The van der Waals surface area contributed by atoms with Crippen LogP contribution in [0, 0.1) is 0 Å². The molecule has 0 aromatic heterocycles. The Balaban J connectivity index is 1.66. The van der Waals surface area contributed by atoms with Gasteiger partial charge in [-0.2, -0.15) is 0 Å². The van der Waals surface area contributed by atoms with Gasteiger partial charge in [0.1, 0.15) is 0 Å². The highest BCUT2D eigenvalue weighted by Gasteiger charge is 2.28. The normalized spacial score (nSPS) is 12.9. The molecule has 1 aliphatic heterocycles. The van der Waals surface area contributed by atoms with E-state index in [4.69, 9.17) is 14.2 Å². The Morgan fingerprint density at radius 1 is 0.970 bits per heavy atom. The fourth-order valence-electron chi connectivity index (χ4n) is 3.52. The molecule has 0 amide bonds. The number of esters is 1. The number of nitrogens with zero attached hydrogens (tertiary/aromatic N) is 1. The maximum atomic E-state index is 12.6. The van der Waals surface area contributed by atoms with Gasteiger partial charge < -0.3 is 14.2 Å². The zero-order chi connectivity index (χ0) is 24.0. The van der Waals surface area contributed by atoms with Crippen LogP contribution in [0.25, 0.3) is 0 Å². The van der Waals surface area contributed by atoms with Crippen LogP contribution in [0.3, 0.4) is 0 Å². The van der Waals surface area contributed by atoms with Gasteiger partial charge in [0.25, 0.3) is 0 Å². The molecule has 0 N–H and O–H groups in total. The largest absolute Gasteiger partial charge is 0.490 e. The average Bonchev–Trinajstić information content (AvgIpc) is 3.26. The standard InChI is InChI=1S/C24H29NO7S/c1-4-13-31-22-10-8-19(15-23(22)30-5-2)24(27)32-16-21(26)18-7-9-20-17(14-18)11-12-25(20)33(28,29)6-3/h7-10,14-15H,4-6,11-13,16H2,1-3H3. The number of carbonyl (C=O) groups is 2. The predicted octanol–water partition coefficient (Wildman–Crippen LogP) is 3.63. The molecule has 0 bridgehead atoms. The first-order valence-electron chi connectivity index (χ1n) is 11.0. The number of Topliss-reactive ketones (excluding diaryl/α,β-unsaturated/α-hetero) is 1. The molecule has 0 atom stereocenters. The minimum Gasteiger partial charge on any atom is -0.490 e. The van der Waals surface area contributed by atoms with E-state index in [0.717, 1.165) is 12.0 Å². The molecular weight excluding hydrogens is 446 g/mol. The number of benzene rings is 2. The van der Waals surface area contributed by atoms with Gasteiger partial charge in [0.15, 0.2) is 23.9 Å². The van der Waals surface area contributed by atoms with Crippen molar-refractivity contribution in [3.8, 4) is 11.5 Å². The summed E-state index contributed by atoms with van der Waals surface area (Å²) >= 11 is 0. The summed E-state index contributed by atoms with van der Waals surface area (Å²) in [5.74, 6) is -0.0103. The minimum absolute atomic E-state index is 0.0137. The first-order valence-corrected chi connectivity index (χ1v) is 12.6. The van der Waals surface area contributed by atoms with Crippen molar-refractivity contribution in [2.75, 3.05) is 36.4 Å². The average molecular weight is 476 g/mol. The molecular formula is C24H29NO7S. The van der Waals surface area contributed by atoms with Crippen LogP contribution in [0.4, 0.5) is 5.69 Å². The van der Waals surface area contributed by atoms with Crippen LogP contribution < -0.4 is 13.8 Å². The molecule has 3 rings (SSSR count). The smallest absolute Gasteiger partial charge is 0.338 e. The second kappa shape index (κ2) is 10.7. The molecule has 1 heterocycles. The molecule has 2 aromatic rings. The molecule has 0 unspecified atom stereocenters. The van der Waals surface area contributed by atoms with Crippen molar-refractivity contribution in [3.63, 3.8) is 0 Å². The fraction of sp³-hybridized carbons (Fsp3) is 0.417. The minimum atomic E-state index is -3.35. The van der Waals surface area contributed by atoms with Gasteiger partial charge in [-0.1, -0.05) is 6.92 Å². The van der Waals surface area contributed by atoms with Gasteiger partial charge in [0.2, 0.25) is 10.0 Å². The topological polar surface area (TPSA) is 99.2 Å². The lowest BCUT2D eigenvalue weighted by molar-refractivity contribution is 0.0474. The first-order chi connectivity index (χ1) is 15.8. The van der Waals surface area contributed by atoms with E-state index >= 15 is 0 Å². The Labute approximate surface area is 194 Å². The lowest BCUT2D eigenvalue weighted by Crippen LogP contribution is -2.30. The highest BCUT2D eigenvalue weighted by atomic mass is 32.2. The highest BCUT2D eigenvalue weighted by molar-refractivity contribution is 7.92. The van der Waals surface area contributed by atoms with Gasteiger partial charge in [-0.3, -0.25) is 9.10 Å². The molecule has 178 valence electrons. The summed E-state index contributed by atoms with van der Waals surface area (Å²) in [5, 5.41) is 0. The number of ketones is 1. The second-order valence-electron chi connectivity index (χ2n) is 7.51.